The summed E-state index contributed by atoms with van der Waals surface area (Å²) in [6.45, 7) is 0. The first kappa shape index (κ1) is 13.4. The Kier molecular flexibility index (Phi) is 3.43. The van der Waals surface area contributed by atoms with E-state index in [2.05, 4.69) is 10.1 Å². The van der Waals surface area contributed by atoms with Crippen molar-refractivity contribution in [2.24, 2.45) is 5.73 Å². The van der Waals surface area contributed by atoms with Crippen LogP contribution in [-0.2, 0) is 0 Å². The van der Waals surface area contributed by atoms with Gasteiger partial charge in [0, 0.05) is 23.1 Å². The Morgan fingerprint density at radius 2 is 1.90 bits per heavy atom. The summed E-state index contributed by atoms with van der Waals surface area (Å²) in [7, 11) is 0. The summed E-state index contributed by atoms with van der Waals surface area (Å²) in [5.41, 5.74) is 5.93. The summed E-state index contributed by atoms with van der Waals surface area (Å²) in [6.07, 6.45) is 0. The highest BCUT2D eigenvalue weighted by Gasteiger charge is 2.31. The molecule has 1 saturated heterocycles. The molecular formula is C12H10F3N3OS. The summed E-state index contributed by atoms with van der Waals surface area (Å²) in [4.78, 5) is 4.10. The van der Waals surface area contributed by atoms with Crippen LogP contribution < -0.4 is 5.73 Å². The monoisotopic (exact) mass is 301 g/mol. The summed E-state index contributed by atoms with van der Waals surface area (Å²) < 4.78 is 44.3. The largest absolute Gasteiger partial charge is 0.339 e. The van der Waals surface area contributed by atoms with Crippen molar-refractivity contribution in [2.45, 2.75) is 12.0 Å². The van der Waals surface area contributed by atoms with Crippen molar-refractivity contribution in [3.8, 4) is 11.4 Å². The van der Waals surface area contributed by atoms with Gasteiger partial charge in [0.15, 0.2) is 17.5 Å². The van der Waals surface area contributed by atoms with Gasteiger partial charge in [-0.1, -0.05) is 5.16 Å². The topological polar surface area (TPSA) is 64.9 Å². The molecule has 8 heteroatoms. The maximum Gasteiger partial charge on any atom is 0.232 e. The van der Waals surface area contributed by atoms with E-state index in [1.807, 2.05) is 0 Å². The number of hydrogen-bond donors (Lipinski definition) is 1. The van der Waals surface area contributed by atoms with Crippen LogP contribution in [0.3, 0.4) is 0 Å². The van der Waals surface area contributed by atoms with E-state index in [4.69, 9.17) is 10.3 Å². The Morgan fingerprint density at radius 3 is 2.50 bits per heavy atom. The van der Waals surface area contributed by atoms with Crippen LogP contribution in [0.2, 0.25) is 0 Å². The van der Waals surface area contributed by atoms with Gasteiger partial charge in [0.25, 0.3) is 0 Å². The van der Waals surface area contributed by atoms with Gasteiger partial charge in [0.2, 0.25) is 11.7 Å². The fourth-order valence-electron chi connectivity index (χ4n) is 2.01. The minimum atomic E-state index is -1.52. The molecule has 1 fully saturated rings. The molecule has 1 aromatic heterocycles. The van der Waals surface area contributed by atoms with Gasteiger partial charge in [-0.25, -0.2) is 13.2 Å². The van der Waals surface area contributed by atoms with Crippen LogP contribution in [0.25, 0.3) is 11.4 Å². The van der Waals surface area contributed by atoms with Gasteiger partial charge in [0.05, 0.1) is 5.92 Å². The standard InChI is InChI=1S/C12H10F3N3OS/c13-7-1-5(2-8(14)10(7)15)11-17-12(19-18-11)6-3-20-4-9(6)16/h1-2,6,9H,3-4,16H2. The zero-order chi connectivity index (χ0) is 14.3. The normalized spacial score (nSPS) is 22.4. The van der Waals surface area contributed by atoms with E-state index in [9.17, 15) is 13.2 Å². The van der Waals surface area contributed by atoms with E-state index in [0.717, 1.165) is 23.6 Å². The number of halogens is 3. The Balaban J connectivity index is 1.94. The average Bonchev–Trinajstić information content (AvgIpc) is 3.03. The Hall–Kier alpha value is -1.54. The second kappa shape index (κ2) is 5.10. The van der Waals surface area contributed by atoms with Crippen LogP contribution in [0.15, 0.2) is 16.7 Å². The number of aromatic nitrogens is 2. The highest BCUT2D eigenvalue weighted by Crippen LogP contribution is 2.32. The highest BCUT2D eigenvalue weighted by atomic mass is 32.2. The van der Waals surface area contributed by atoms with E-state index in [0.29, 0.717) is 5.89 Å². The number of benzene rings is 1. The lowest BCUT2D eigenvalue weighted by atomic mass is 10.1. The fraction of sp³-hybridized carbons (Fsp3) is 0.333. The van der Waals surface area contributed by atoms with Crippen molar-refractivity contribution in [1.82, 2.24) is 10.1 Å². The van der Waals surface area contributed by atoms with Crippen molar-refractivity contribution < 1.29 is 17.7 Å². The summed E-state index contributed by atoms with van der Waals surface area (Å²) in [6, 6.07) is 1.57. The van der Waals surface area contributed by atoms with Gasteiger partial charge < -0.3 is 10.3 Å². The maximum atomic E-state index is 13.2. The Morgan fingerprint density at radius 1 is 1.20 bits per heavy atom. The predicted molar refractivity (Wildman–Crippen MR) is 67.6 cm³/mol. The molecule has 1 aliphatic heterocycles. The minimum absolute atomic E-state index is 0.0156. The number of rotatable bonds is 2. The molecular weight excluding hydrogens is 291 g/mol. The second-order valence-electron chi connectivity index (χ2n) is 4.52. The van der Waals surface area contributed by atoms with Gasteiger partial charge in [-0.3, -0.25) is 0 Å². The molecule has 2 aromatic rings. The second-order valence-corrected chi connectivity index (χ2v) is 5.59. The number of thioether (sulfide) groups is 1. The molecule has 0 amide bonds. The first-order chi connectivity index (χ1) is 9.56. The average molecular weight is 301 g/mol. The quantitative estimate of drug-likeness (QED) is 0.862. The molecule has 2 N–H and O–H groups in total. The van der Waals surface area contributed by atoms with Gasteiger partial charge >= 0.3 is 0 Å². The third kappa shape index (κ3) is 2.29. The molecule has 0 spiro atoms. The SMILES string of the molecule is NC1CSCC1c1nc(-c2cc(F)c(F)c(F)c2)no1. The van der Waals surface area contributed by atoms with Crippen molar-refractivity contribution in [2.75, 3.05) is 11.5 Å². The lowest BCUT2D eigenvalue weighted by molar-refractivity contribution is 0.352. The summed E-state index contributed by atoms with van der Waals surface area (Å²) in [5, 5.41) is 3.67. The lowest BCUT2D eigenvalue weighted by Crippen LogP contribution is -2.26. The van der Waals surface area contributed by atoms with Gasteiger partial charge in [-0.2, -0.15) is 16.7 Å². The van der Waals surface area contributed by atoms with Crippen LogP contribution in [-0.4, -0.2) is 27.7 Å². The first-order valence-corrected chi connectivity index (χ1v) is 7.03. The van der Waals surface area contributed by atoms with Crippen LogP contribution in [0, 0.1) is 17.5 Å². The third-order valence-corrected chi connectivity index (χ3v) is 4.34. The van der Waals surface area contributed by atoms with Gasteiger partial charge in [-0.15, -0.1) is 0 Å². The molecule has 20 heavy (non-hydrogen) atoms. The number of hydrogen-bond acceptors (Lipinski definition) is 5. The molecule has 3 rings (SSSR count). The highest BCUT2D eigenvalue weighted by molar-refractivity contribution is 7.99. The minimum Gasteiger partial charge on any atom is -0.339 e. The van der Waals surface area contributed by atoms with Crippen molar-refractivity contribution in [1.29, 1.82) is 0 Å². The smallest absolute Gasteiger partial charge is 0.232 e. The molecule has 0 bridgehead atoms. The molecule has 0 saturated carbocycles. The molecule has 0 radical (unpaired) electrons. The molecule has 1 aromatic carbocycles. The number of nitrogens with zero attached hydrogens (tertiary/aromatic N) is 2. The van der Waals surface area contributed by atoms with E-state index in [1.54, 1.807) is 11.8 Å². The van der Waals surface area contributed by atoms with Gasteiger partial charge in [0.1, 0.15) is 0 Å². The van der Waals surface area contributed by atoms with Crippen molar-refractivity contribution >= 4 is 11.8 Å². The van der Waals surface area contributed by atoms with E-state index in [-0.39, 0.29) is 23.3 Å². The molecule has 0 aliphatic carbocycles. The van der Waals surface area contributed by atoms with E-state index < -0.39 is 17.5 Å². The van der Waals surface area contributed by atoms with Crippen LogP contribution in [0.1, 0.15) is 11.8 Å². The molecule has 2 unspecified atom stereocenters. The zero-order valence-corrected chi connectivity index (χ0v) is 11.0. The summed E-state index contributed by atoms with van der Waals surface area (Å²) in [5.74, 6) is -2.27. The lowest BCUT2D eigenvalue weighted by Gasteiger charge is -2.07. The number of nitrogens with two attached hydrogens (primary N) is 1. The molecule has 106 valence electrons. The predicted octanol–water partition coefficient (Wildman–Crippen LogP) is 2.31. The van der Waals surface area contributed by atoms with E-state index in [1.165, 1.54) is 0 Å². The first-order valence-electron chi connectivity index (χ1n) is 5.88. The van der Waals surface area contributed by atoms with Crippen LogP contribution in [0.5, 0.6) is 0 Å². The Labute approximate surface area is 116 Å². The van der Waals surface area contributed by atoms with Crippen LogP contribution >= 0.6 is 11.8 Å². The summed E-state index contributed by atoms with van der Waals surface area (Å²) >= 11 is 1.67. The van der Waals surface area contributed by atoms with Gasteiger partial charge in [-0.05, 0) is 12.1 Å². The molecule has 1 aliphatic rings. The molecule has 2 atom stereocenters. The zero-order valence-electron chi connectivity index (χ0n) is 10.1. The van der Waals surface area contributed by atoms with Crippen LogP contribution in [0.4, 0.5) is 13.2 Å². The fourth-order valence-corrected chi connectivity index (χ4v) is 3.30. The van der Waals surface area contributed by atoms with Crippen molar-refractivity contribution in [3.05, 3.63) is 35.5 Å². The van der Waals surface area contributed by atoms with Crippen molar-refractivity contribution in [3.63, 3.8) is 0 Å². The molecule has 4 nitrogen and oxygen atoms in total. The third-order valence-electron chi connectivity index (χ3n) is 3.13. The maximum absolute atomic E-state index is 13.2. The Bertz CT molecular complexity index is 626. The molecule has 2 heterocycles. The van der Waals surface area contributed by atoms with E-state index >= 15 is 0 Å².